The first-order valence-corrected chi connectivity index (χ1v) is 8.65. The normalized spacial score (nSPS) is 27.1. The van der Waals surface area contributed by atoms with Gasteiger partial charge in [0, 0.05) is 32.6 Å². The van der Waals surface area contributed by atoms with Crippen molar-refractivity contribution in [2.24, 2.45) is 11.7 Å². The quantitative estimate of drug-likeness (QED) is 0.869. The average molecular weight is 369 g/mol. The highest BCUT2D eigenvalue weighted by Crippen LogP contribution is 2.38. The largest absolute Gasteiger partial charge is 0.416 e. The molecule has 2 aliphatic heterocycles. The van der Waals surface area contributed by atoms with Gasteiger partial charge in [-0.2, -0.15) is 13.2 Å². The van der Waals surface area contributed by atoms with E-state index in [0.29, 0.717) is 25.1 Å². The van der Waals surface area contributed by atoms with Crippen LogP contribution in [0, 0.1) is 5.92 Å². The number of piperidine rings is 1. The summed E-state index contributed by atoms with van der Waals surface area (Å²) in [4.78, 5) is 28.3. The van der Waals surface area contributed by atoms with Crippen LogP contribution in [0.3, 0.4) is 0 Å². The predicted molar refractivity (Wildman–Crippen MR) is 88.9 cm³/mol. The Morgan fingerprint density at radius 3 is 2.38 bits per heavy atom. The van der Waals surface area contributed by atoms with Gasteiger partial charge >= 0.3 is 6.18 Å². The van der Waals surface area contributed by atoms with E-state index >= 15 is 0 Å². The molecule has 0 saturated carbocycles. The number of rotatable bonds is 2. The molecule has 0 radical (unpaired) electrons. The maximum atomic E-state index is 13.0. The van der Waals surface area contributed by atoms with E-state index < -0.39 is 23.7 Å². The zero-order chi connectivity index (χ0) is 19.1. The van der Waals surface area contributed by atoms with Crippen molar-refractivity contribution in [2.75, 3.05) is 20.1 Å². The van der Waals surface area contributed by atoms with E-state index in [1.807, 2.05) is 0 Å². The van der Waals surface area contributed by atoms with E-state index in [-0.39, 0.29) is 24.3 Å². The molecular weight excluding hydrogens is 347 g/mol. The lowest BCUT2D eigenvalue weighted by Crippen LogP contribution is -2.47. The Morgan fingerprint density at radius 1 is 1.19 bits per heavy atom. The Hall–Kier alpha value is -2.09. The fourth-order valence-electron chi connectivity index (χ4n) is 3.84. The number of hydrogen-bond acceptors (Lipinski definition) is 3. The van der Waals surface area contributed by atoms with Crippen molar-refractivity contribution in [1.82, 2.24) is 9.80 Å². The van der Waals surface area contributed by atoms with Crippen LogP contribution in [0.5, 0.6) is 0 Å². The van der Waals surface area contributed by atoms with Gasteiger partial charge in [-0.15, -0.1) is 0 Å². The van der Waals surface area contributed by atoms with E-state index in [1.165, 1.54) is 17.0 Å². The van der Waals surface area contributed by atoms with E-state index in [0.717, 1.165) is 18.6 Å². The van der Waals surface area contributed by atoms with Crippen LogP contribution in [0.4, 0.5) is 13.2 Å². The van der Waals surface area contributed by atoms with Crippen molar-refractivity contribution in [3.63, 3.8) is 0 Å². The van der Waals surface area contributed by atoms with Gasteiger partial charge in [0.1, 0.15) is 0 Å². The number of likely N-dealkylation sites (tertiary alicyclic amines) is 2. The van der Waals surface area contributed by atoms with Gasteiger partial charge in [0.2, 0.25) is 11.8 Å². The summed E-state index contributed by atoms with van der Waals surface area (Å²) in [5.74, 6) is -0.668. The van der Waals surface area contributed by atoms with Crippen molar-refractivity contribution in [2.45, 2.75) is 37.5 Å². The summed E-state index contributed by atoms with van der Waals surface area (Å²) in [6.45, 7) is 1.06. The summed E-state index contributed by atoms with van der Waals surface area (Å²) in [6.07, 6.45) is -3.05. The van der Waals surface area contributed by atoms with Gasteiger partial charge in [-0.05, 0) is 30.5 Å². The predicted octanol–water partition coefficient (Wildman–Crippen LogP) is 2.17. The molecule has 2 heterocycles. The molecule has 0 aromatic heterocycles. The van der Waals surface area contributed by atoms with Gasteiger partial charge < -0.3 is 15.5 Å². The number of benzene rings is 1. The minimum atomic E-state index is -4.42. The topological polar surface area (TPSA) is 66.6 Å². The second-order valence-electron chi connectivity index (χ2n) is 7.05. The number of carbonyl (C=O) groups excluding carboxylic acids is 2. The monoisotopic (exact) mass is 369 g/mol. The van der Waals surface area contributed by atoms with Crippen LogP contribution in [-0.4, -0.2) is 47.8 Å². The van der Waals surface area contributed by atoms with Crippen molar-refractivity contribution in [3.05, 3.63) is 35.4 Å². The molecule has 2 aliphatic rings. The molecule has 26 heavy (non-hydrogen) atoms. The van der Waals surface area contributed by atoms with Gasteiger partial charge in [0.05, 0.1) is 17.5 Å². The number of halogens is 3. The molecule has 0 spiro atoms. The molecule has 2 amide bonds. The summed E-state index contributed by atoms with van der Waals surface area (Å²) in [5, 5.41) is 0. The van der Waals surface area contributed by atoms with Gasteiger partial charge in [-0.1, -0.05) is 12.1 Å². The van der Waals surface area contributed by atoms with E-state index in [2.05, 4.69) is 0 Å². The summed E-state index contributed by atoms with van der Waals surface area (Å²) in [5.41, 5.74) is 5.67. The maximum absolute atomic E-state index is 13.0. The summed E-state index contributed by atoms with van der Waals surface area (Å²) < 4.78 is 38.4. The number of carbonyl (C=O) groups is 2. The summed E-state index contributed by atoms with van der Waals surface area (Å²) in [6, 6.07) is 4.09. The zero-order valence-electron chi connectivity index (χ0n) is 14.5. The van der Waals surface area contributed by atoms with Crippen LogP contribution in [0.25, 0.3) is 0 Å². The highest BCUT2D eigenvalue weighted by atomic mass is 19.4. The Kier molecular flexibility index (Phi) is 4.96. The molecule has 3 atom stereocenters. The molecule has 8 heteroatoms. The first kappa shape index (κ1) is 18.7. The van der Waals surface area contributed by atoms with Crippen molar-refractivity contribution in [3.8, 4) is 0 Å². The first-order valence-electron chi connectivity index (χ1n) is 8.65. The molecule has 142 valence electrons. The fraction of sp³-hybridized carbons (Fsp3) is 0.556. The molecule has 0 unspecified atom stereocenters. The van der Waals surface area contributed by atoms with E-state index in [4.69, 9.17) is 5.73 Å². The van der Waals surface area contributed by atoms with Crippen LogP contribution in [0.15, 0.2) is 24.3 Å². The Bertz CT molecular complexity index is 690. The molecule has 0 bridgehead atoms. The Labute approximate surface area is 149 Å². The Balaban J connectivity index is 1.88. The van der Waals surface area contributed by atoms with Crippen molar-refractivity contribution >= 4 is 11.8 Å². The maximum Gasteiger partial charge on any atom is 0.416 e. The van der Waals surface area contributed by atoms with Crippen LogP contribution in [0.1, 0.15) is 36.4 Å². The third-order valence-electron chi connectivity index (χ3n) is 5.29. The van der Waals surface area contributed by atoms with Crippen LogP contribution in [0.2, 0.25) is 0 Å². The standard InChI is InChI=1S/C18H22F3N3O2/c1-23-15(25)7-6-14(17(26)24-9-8-13(22)10-24)16(23)11-2-4-12(5-3-11)18(19,20)21/h2-5,13-14,16H,6-10,22H2,1H3/t13-,14+,16+/m1/s1. The third kappa shape index (κ3) is 3.56. The molecule has 0 aliphatic carbocycles. The van der Waals surface area contributed by atoms with Crippen molar-refractivity contribution in [1.29, 1.82) is 0 Å². The second kappa shape index (κ2) is 6.90. The highest BCUT2D eigenvalue weighted by molar-refractivity contribution is 5.85. The molecule has 2 saturated heterocycles. The number of alkyl halides is 3. The van der Waals surface area contributed by atoms with Gasteiger partial charge in [-0.25, -0.2) is 0 Å². The van der Waals surface area contributed by atoms with Gasteiger partial charge in [-0.3, -0.25) is 9.59 Å². The van der Waals surface area contributed by atoms with Crippen molar-refractivity contribution < 1.29 is 22.8 Å². The molecule has 5 nitrogen and oxygen atoms in total. The van der Waals surface area contributed by atoms with Crippen LogP contribution < -0.4 is 5.73 Å². The summed E-state index contributed by atoms with van der Waals surface area (Å²) in [7, 11) is 1.60. The van der Waals surface area contributed by atoms with E-state index in [1.54, 1.807) is 11.9 Å². The number of amides is 2. The molecule has 2 fully saturated rings. The highest BCUT2D eigenvalue weighted by Gasteiger charge is 2.42. The molecule has 3 rings (SSSR count). The first-order chi connectivity index (χ1) is 12.2. The van der Waals surface area contributed by atoms with Gasteiger partial charge in [0.15, 0.2) is 0 Å². The lowest BCUT2D eigenvalue weighted by molar-refractivity contribution is -0.146. The number of hydrogen-bond donors (Lipinski definition) is 1. The van der Waals surface area contributed by atoms with Gasteiger partial charge in [0.25, 0.3) is 0 Å². The molecule has 1 aromatic rings. The lowest BCUT2D eigenvalue weighted by atomic mass is 9.83. The van der Waals surface area contributed by atoms with E-state index in [9.17, 15) is 22.8 Å². The minimum absolute atomic E-state index is 0.0496. The molecule has 2 N–H and O–H groups in total. The van der Waals surface area contributed by atoms with Crippen LogP contribution in [-0.2, 0) is 15.8 Å². The lowest BCUT2D eigenvalue weighted by Gasteiger charge is -2.40. The zero-order valence-corrected chi connectivity index (χ0v) is 14.5. The second-order valence-corrected chi connectivity index (χ2v) is 7.05. The summed E-state index contributed by atoms with van der Waals surface area (Å²) >= 11 is 0. The molecule has 1 aromatic carbocycles. The third-order valence-corrected chi connectivity index (χ3v) is 5.29. The fourth-order valence-corrected chi connectivity index (χ4v) is 3.84. The van der Waals surface area contributed by atoms with Crippen LogP contribution >= 0.6 is 0 Å². The smallest absolute Gasteiger partial charge is 0.341 e. The molecular formula is C18H22F3N3O2. The number of nitrogens with two attached hydrogens (primary N) is 1. The Morgan fingerprint density at radius 2 is 1.85 bits per heavy atom. The number of nitrogens with zero attached hydrogens (tertiary/aromatic N) is 2. The SMILES string of the molecule is CN1C(=O)CC[C@H](C(=O)N2CC[C@@H](N)C2)[C@@H]1c1ccc(C(F)(F)F)cc1. The minimum Gasteiger partial charge on any atom is -0.341 e. The average Bonchev–Trinajstić information content (AvgIpc) is 3.02.